The van der Waals surface area contributed by atoms with E-state index in [0.29, 0.717) is 17.5 Å². The van der Waals surface area contributed by atoms with Crippen molar-refractivity contribution in [2.75, 3.05) is 13.1 Å². The van der Waals surface area contributed by atoms with Gasteiger partial charge in [0.1, 0.15) is 5.76 Å². The number of aryl methyl sites for hydroxylation is 2. The normalized spacial score (nSPS) is 17.6. The SMILES string of the molecule is Cc1oc(-c2ccc(Cl)cc2)nc1CN1CCCC(C(=O)NC(C)CCc2ccccc2)C1. The Morgan fingerprint density at radius 2 is 1.97 bits per heavy atom. The fourth-order valence-electron chi connectivity index (χ4n) is 4.38. The first kappa shape index (κ1) is 23.5. The highest BCUT2D eigenvalue weighted by Crippen LogP contribution is 2.25. The number of nitrogens with one attached hydrogen (secondary N) is 1. The lowest BCUT2D eigenvalue weighted by Gasteiger charge is -2.32. The molecule has 0 spiro atoms. The molecule has 1 N–H and O–H groups in total. The van der Waals surface area contributed by atoms with Gasteiger partial charge in [-0.15, -0.1) is 0 Å². The first-order chi connectivity index (χ1) is 16.0. The molecular weight excluding hydrogens is 434 g/mol. The molecular formula is C27H32ClN3O2. The number of likely N-dealkylation sites (tertiary alicyclic amines) is 1. The van der Waals surface area contributed by atoms with Crippen molar-refractivity contribution in [3.8, 4) is 11.5 Å². The topological polar surface area (TPSA) is 58.4 Å². The van der Waals surface area contributed by atoms with E-state index >= 15 is 0 Å². The predicted octanol–water partition coefficient (Wildman–Crippen LogP) is 5.65. The largest absolute Gasteiger partial charge is 0.441 e. The molecule has 33 heavy (non-hydrogen) atoms. The van der Waals surface area contributed by atoms with Crippen molar-refractivity contribution in [3.63, 3.8) is 0 Å². The van der Waals surface area contributed by atoms with Crippen LogP contribution >= 0.6 is 11.6 Å². The number of nitrogens with zero attached hydrogens (tertiary/aromatic N) is 2. The summed E-state index contributed by atoms with van der Waals surface area (Å²) < 4.78 is 5.91. The summed E-state index contributed by atoms with van der Waals surface area (Å²) in [7, 11) is 0. The second-order valence-corrected chi connectivity index (χ2v) is 9.47. The molecule has 2 unspecified atom stereocenters. The molecule has 5 nitrogen and oxygen atoms in total. The van der Waals surface area contributed by atoms with Crippen molar-refractivity contribution in [2.45, 2.75) is 52.1 Å². The van der Waals surface area contributed by atoms with Crippen LogP contribution in [0.25, 0.3) is 11.5 Å². The van der Waals surface area contributed by atoms with Crippen LogP contribution in [0.2, 0.25) is 5.02 Å². The minimum absolute atomic E-state index is 0.0147. The van der Waals surface area contributed by atoms with Crippen molar-refractivity contribution in [3.05, 3.63) is 76.6 Å². The number of oxazole rings is 1. The Hall–Kier alpha value is -2.63. The van der Waals surface area contributed by atoms with Crippen LogP contribution in [0.5, 0.6) is 0 Å². The first-order valence-corrected chi connectivity index (χ1v) is 12.1. The van der Waals surface area contributed by atoms with Gasteiger partial charge >= 0.3 is 0 Å². The van der Waals surface area contributed by atoms with E-state index in [2.05, 4.69) is 41.4 Å². The molecule has 1 saturated heterocycles. The van der Waals surface area contributed by atoms with E-state index in [0.717, 1.165) is 55.8 Å². The van der Waals surface area contributed by atoms with Crippen molar-refractivity contribution in [1.82, 2.24) is 15.2 Å². The highest BCUT2D eigenvalue weighted by Gasteiger charge is 2.27. The molecule has 6 heteroatoms. The van der Waals surface area contributed by atoms with Gasteiger partial charge in [0.2, 0.25) is 11.8 Å². The van der Waals surface area contributed by atoms with Crippen LogP contribution in [0.15, 0.2) is 59.0 Å². The van der Waals surface area contributed by atoms with Gasteiger partial charge in [0, 0.05) is 29.7 Å². The van der Waals surface area contributed by atoms with Gasteiger partial charge in [-0.05, 0) is 75.9 Å². The third-order valence-electron chi connectivity index (χ3n) is 6.33. The third kappa shape index (κ3) is 6.46. The fraction of sp³-hybridized carbons (Fsp3) is 0.407. The summed E-state index contributed by atoms with van der Waals surface area (Å²) in [5.41, 5.74) is 3.15. The number of rotatable bonds is 8. The Balaban J connectivity index is 1.30. The van der Waals surface area contributed by atoms with Gasteiger partial charge in [-0.1, -0.05) is 41.9 Å². The van der Waals surface area contributed by atoms with Crippen molar-refractivity contribution in [2.24, 2.45) is 5.92 Å². The van der Waals surface area contributed by atoms with Crippen LogP contribution in [0.1, 0.15) is 43.2 Å². The number of carbonyl (C=O) groups is 1. The summed E-state index contributed by atoms with van der Waals surface area (Å²) in [6.07, 6.45) is 3.86. The molecule has 1 aromatic heterocycles. The zero-order valence-corrected chi connectivity index (χ0v) is 20.1. The zero-order valence-electron chi connectivity index (χ0n) is 19.4. The lowest BCUT2D eigenvalue weighted by Crippen LogP contribution is -2.45. The minimum Gasteiger partial charge on any atom is -0.441 e. The molecule has 0 aliphatic carbocycles. The van der Waals surface area contributed by atoms with Crippen LogP contribution in [-0.2, 0) is 17.8 Å². The number of amides is 1. The molecule has 2 aromatic carbocycles. The standard InChI is InChI=1S/C27H32ClN3O2/c1-19(10-11-21-7-4-3-5-8-21)29-26(32)23-9-6-16-31(17-23)18-25-20(2)33-27(30-25)22-12-14-24(28)15-13-22/h3-5,7-8,12-15,19,23H,6,9-11,16-18H2,1-2H3,(H,29,32). The number of carbonyl (C=O) groups excluding carboxylic acids is 1. The van der Waals surface area contributed by atoms with E-state index in [4.69, 9.17) is 21.0 Å². The fourth-order valence-corrected chi connectivity index (χ4v) is 4.50. The molecule has 0 radical (unpaired) electrons. The van der Waals surface area contributed by atoms with E-state index in [1.165, 1.54) is 5.56 Å². The average molecular weight is 466 g/mol. The van der Waals surface area contributed by atoms with Crippen molar-refractivity contribution in [1.29, 1.82) is 0 Å². The van der Waals surface area contributed by atoms with Crippen molar-refractivity contribution >= 4 is 17.5 Å². The van der Waals surface area contributed by atoms with Gasteiger partial charge in [0.25, 0.3) is 0 Å². The first-order valence-electron chi connectivity index (χ1n) is 11.8. The van der Waals surface area contributed by atoms with Crippen LogP contribution in [-0.4, -0.2) is 34.9 Å². The molecule has 1 fully saturated rings. The van der Waals surface area contributed by atoms with Gasteiger partial charge < -0.3 is 9.73 Å². The lowest BCUT2D eigenvalue weighted by atomic mass is 9.96. The number of hydrogen-bond donors (Lipinski definition) is 1. The maximum absolute atomic E-state index is 12.9. The molecule has 0 bridgehead atoms. The Bertz CT molecular complexity index is 1050. The van der Waals surface area contributed by atoms with Gasteiger partial charge in [-0.25, -0.2) is 4.98 Å². The Kier molecular flexibility index (Phi) is 7.84. The van der Waals surface area contributed by atoms with Gasteiger partial charge in [-0.3, -0.25) is 9.69 Å². The molecule has 1 aliphatic rings. The van der Waals surface area contributed by atoms with E-state index < -0.39 is 0 Å². The monoisotopic (exact) mass is 465 g/mol. The molecule has 2 heterocycles. The van der Waals surface area contributed by atoms with Crippen LogP contribution in [0, 0.1) is 12.8 Å². The average Bonchev–Trinajstić information content (AvgIpc) is 3.19. The molecule has 0 saturated carbocycles. The molecule has 174 valence electrons. The van der Waals surface area contributed by atoms with E-state index in [1.807, 2.05) is 37.3 Å². The summed E-state index contributed by atoms with van der Waals surface area (Å²) in [5, 5.41) is 3.92. The number of aromatic nitrogens is 1. The number of hydrogen-bond acceptors (Lipinski definition) is 4. The smallest absolute Gasteiger partial charge is 0.226 e. The highest BCUT2D eigenvalue weighted by molar-refractivity contribution is 6.30. The summed E-state index contributed by atoms with van der Waals surface area (Å²) in [5.74, 6) is 1.61. The molecule has 1 amide bonds. The van der Waals surface area contributed by atoms with Crippen LogP contribution in [0.4, 0.5) is 0 Å². The van der Waals surface area contributed by atoms with Gasteiger partial charge in [0.05, 0.1) is 11.6 Å². The van der Waals surface area contributed by atoms with Crippen LogP contribution in [0.3, 0.4) is 0 Å². The maximum Gasteiger partial charge on any atom is 0.226 e. The summed E-state index contributed by atoms with van der Waals surface area (Å²) in [6, 6.07) is 18.1. The van der Waals surface area contributed by atoms with E-state index in [1.54, 1.807) is 0 Å². The van der Waals surface area contributed by atoms with Crippen LogP contribution < -0.4 is 5.32 Å². The van der Waals surface area contributed by atoms with E-state index in [9.17, 15) is 4.79 Å². The molecule has 4 rings (SSSR count). The Morgan fingerprint density at radius 3 is 2.73 bits per heavy atom. The van der Waals surface area contributed by atoms with Gasteiger partial charge in [-0.2, -0.15) is 0 Å². The Labute approximate surface area is 201 Å². The number of piperidine rings is 1. The summed E-state index contributed by atoms with van der Waals surface area (Å²) in [4.78, 5) is 20.0. The predicted molar refractivity (Wildman–Crippen MR) is 132 cm³/mol. The molecule has 2 atom stereocenters. The number of benzene rings is 2. The quantitative estimate of drug-likeness (QED) is 0.466. The third-order valence-corrected chi connectivity index (χ3v) is 6.58. The lowest BCUT2D eigenvalue weighted by molar-refractivity contribution is -0.127. The summed E-state index contributed by atoms with van der Waals surface area (Å²) >= 11 is 5.99. The molecule has 1 aliphatic heterocycles. The minimum atomic E-state index is 0.0147. The summed E-state index contributed by atoms with van der Waals surface area (Å²) in [6.45, 7) is 6.45. The number of halogens is 1. The van der Waals surface area contributed by atoms with E-state index in [-0.39, 0.29) is 17.9 Å². The highest BCUT2D eigenvalue weighted by atomic mass is 35.5. The zero-order chi connectivity index (χ0) is 23.2. The second kappa shape index (κ2) is 11.0. The van der Waals surface area contributed by atoms with Gasteiger partial charge in [0.15, 0.2) is 0 Å². The second-order valence-electron chi connectivity index (χ2n) is 9.04. The maximum atomic E-state index is 12.9. The Morgan fingerprint density at radius 1 is 1.21 bits per heavy atom. The van der Waals surface area contributed by atoms with Crippen molar-refractivity contribution < 1.29 is 9.21 Å². The molecule has 3 aromatic rings.